The summed E-state index contributed by atoms with van der Waals surface area (Å²) < 4.78 is 32.8. The monoisotopic (exact) mass is 434 g/mol. The van der Waals surface area contributed by atoms with Gasteiger partial charge in [0.2, 0.25) is 0 Å². The molecule has 0 heterocycles. The van der Waals surface area contributed by atoms with Gasteiger partial charge in [0, 0.05) is 12.8 Å². The van der Waals surface area contributed by atoms with Crippen LogP contribution in [0.15, 0.2) is 24.3 Å². The van der Waals surface area contributed by atoms with Crippen LogP contribution >= 0.6 is 0 Å². The van der Waals surface area contributed by atoms with E-state index in [0.717, 1.165) is 32.1 Å². The number of hydrogen-bond acceptors (Lipinski definition) is 4. The first kappa shape index (κ1) is 30.3. The second kappa shape index (κ2) is 21.8. The third kappa shape index (κ3) is 26.1. The van der Waals surface area contributed by atoms with Crippen molar-refractivity contribution < 1.29 is 51.8 Å². The molecule has 0 aliphatic rings. The molecule has 5 nitrogen and oxygen atoms in total. The Labute approximate surface area is 203 Å². The first-order valence-electron chi connectivity index (χ1n) is 8.96. The third-order valence-electron chi connectivity index (χ3n) is 2.99. The summed E-state index contributed by atoms with van der Waals surface area (Å²) in [5, 5.41) is 11.2. The third-order valence-corrected chi connectivity index (χ3v) is 3.42. The standard InChI is InChI=1S/C23H23O5S.Na/c1-2-3-4-5-6-7-8-9-10-11-12-13-14-15-16-17-18-19-20-21-23(24)22-28-29(25,26)27;/h1,3-4,9-10,23H,5-8,15-17,22H2,(H,25,26,27);/q-1;+1/b4-3-,10-9-;/t23-;/m1./s1. The summed E-state index contributed by atoms with van der Waals surface area (Å²) in [5.74, 6) is 23.5. The number of rotatable bonds is 10. The molecule has 0 spiro atoms. The van der Waals surface area contributed by atoms with Gasteiger partial charge in [-0.1, -0.05) is 35.8 Å². The summed E-state index contributed by atoms with van der Waals surface area (Å²) in [6.45, 7) is -0.760. The zero-order valence-corrected chi connectivity index (χ0v) is 19.9. The SMILES string of the molecule is C#C/C=C\CCCC/C=C\C#CC#CCCCC#CC#C[C@@H]([O-])COS(=O)(=O)O.[Na+]. The molecule has 1 N–H and O–H groups in total. The first-order valence-corrected chi connectivity index (χ1v) is 10.3. The van der Waals surface area contributed by atoms with Crippen molar-refractivity contribution >= 4 is 10.4 Å². The van der Waals surface area contributed by atoms with Crippen LogP contribution in [0.25, 0.3) is 0 Å². The van der Waals surface area contributed by atoms with Gasteiger partial charge in [0.25, 0.3) is 0 Å². The molecular weight excluding hydrogens is 411 g/mol. The largest absolute Gasteiger partial charge is 1.00 e. The molecule has 0 unspecified atom stereocenters. The van der Waals surface area contributed by atoms with Crippen molar-refractivity contribution in [2.75, 3.05) is 6.61 Å². The molecular formula is C23H23NaO5S. The van der Waals surface area contributed by atoms with E-state index < -0.39 is 23.1 Å². The molecule has 0 aromatic rings. The minimum atomic E-state index is -4.62. The smallest absolute Gasteiger partial charge is 0.841 e. The van der Waals surface area contributed by atoms with E-state index in [1.54, 1.807) is 12.2 Å². The Bertz CT molecular complexity index is 927. The average Bonchev–Trinajstić information content (AvgIpc) is 2.67. The van der Waals surface area contributed by atoms with Crippen molar-refractivity contribution in [3.8, 4) is 59.7 Å². The molecule has 0 bridgehead atoms. The van der Waals surface area contributed by atoms with Crippen LogP contribution in [0.4, 0.5) is 0 Å². The molecule has 0 aromatic carbocycles. The fourth-order valence-corrected chi connectivity index (χ4v) is 1.98. The molecule has 0 saturated carbocycles. The number of allylic oxidation sites excluding steroid dienone is 4. The minimum Gasteiger partial charge on any atom is -0.841 e. The van der Waals surface area contributed by atoms with E-state index in [1.165, 1.54) is 0 Å². The fraction of sp³-hybridized carbons (Fsp3) is 0.391. The molecule has 0 saturated heterocycles. The Kier molecular flexibility index (Phi) is 22.0. The Morgan fingerprint density at radius 2 is 1.57 bits per heavy atom. The predicted molar refractivity (Wildman–Crippen MR) is 112 cm³/mol. The van der Waals surface area contributed by atoms with Gasteiger partial charge in [-0.3, -0.25) is 4.55 Å². The van der Waals surface area contributed by atoms with Gasteiger partial charge >= 0.3 is 40.0 Å². The molecule has 152 valence electrons. The van der Waals surface area contributed by atoms with E-state index in [4.69, 9.17) is 11.0 Å². The number of hydrogen-bond donors (Lipinski definition) is 1. The summed E-state index contributed by atoms with van der Waals surface area (Å²) in [6, 6.07) is 0. The number of terminal acetylenes is 1. The van der Waals surface area contributed by atoms with Crippen LogP contribution < -0.4 is 34.7 Å². The second-order valence-corrected chi connectivity index (χ2v) is 6.54. The summed E-state index contributed by atoms with van der Waals surface area (Å²) in [6.07, 6.45) is 17.2. The summed E-state index contributed by atoms with van der Waals surface area (Å²) in [4.78, 5) is 0. The topological polar surface area (TPSA) is 86.7 Å². The van der Waals surface area contributed by atoms with Gasteiger partial charge in [-0.2, -0.15) is 8.42 Å². The van der Waals surface area contributed by atoms with Crippen LogP contribution in [0.2, 0.25) is 0 Å². The predicted octanol–water partition coefficient (Wildman–Crippen LogP) is -0.971. The molecule has 0 aliphatic heterocycles. The van der Waals surface area contributed by atoms with Crippen molar-refractivity contribution in [2.24, 2.45) is 0 Å². The van der Waals surface area contributed by atoms with Crippen LogP contribution in [-0.2, 0) is 14.6 Å². The van der Waals surface area contributed by atoms with Gasteiger partial charge in [-0.05, 0) is 74.0 Å². The zero-order chi connectivity index (χ0) is 21.6. The first-order chi connectivity index (χ1) is 14.0. The summed E-state index contributed by atoms with van der Waals surface area (Å²) in [7, 11) is -4.62. The Balaban J connectivity index is 0. The molecule has 0 aromatic heterocycles. The minimum absolute atomic E-state index is 0. The van der Waals surface area contributed by atoms with E-state index in [-0.39, 0.29) is 29.6 Å². The van der Waals surface area contributed by atoms with Crippen molar-refractivity contribution in [3.63, 3.8) is 0 Å². The molecule has 30 heavy (non-hydrogen) atoms. The Morgan fingerprint density at radius 1 is 0.967 bits per heavy atom. The van der Waals surface area contributed by atoms with E-state index >= 15 is 0 Å². The van der Waals surface area contributed by atoms with E-state index in [0.29, 0.717) is 12.8 Å². The molecule has 0 rings (SSSR count). The van der Waals surface area contributed by atoms with Crippen molar-refractivity contribution in [1.82, 2.24) is 0 Å². The average molecular weight is 434 g/mol. The van der Waals surface area contributed by atoms with Gasteiger partial charge in [0.1, 0.15) is 0 Å². The molecule has 0 radical (unpaired) electrons. The summed E-state index contributed by atoms with van der Waals surface area (Å²) in [5.41, 5.74) is 0. The van der Waals surface area contributed by atoms with Gasteiger partial charge < -0.3 is 5.11 Å². The quantitative estimate of drug-likeness (QED) is 0.207. The fourth-order valence-electron chi connectivity index (χ4n) is 1.68. The molecule has 0 amide bonds. The number of unbranched alkanes of at least 4 members (excludes halogenated alkanes) is 5. The van der Waals surface area contributed by atoms with Gasteiger partial charge in [-0.15, -0.1) is 12.3 Å². The van der Waals surface area contributed by atoms with Gasteiger partial charge in [-0.25, -0.2) is 4.18 Å². The maximum Gasteiger partial charge on any atom is 1.00 e. The Morgan fingerprint density at radius 3 is 2.17 bits per heavy atom. The Hall–Kier alpha value is -1.89. The molecule has 1 atom stereocenters. The van der Waals surface area contributed by atoms with Crippen LogP contribution in [-0.4, -0.2) is 25.7 Å². The zero-order valence-electron chi connectivity index (χ0n) is 17.1. The normalized spacial score (nSPS) is 10.7. The summed E-state index contributed by atoms with van der Waals surface area (Å²) >= 11 is 0. The maximum absolute atomic E-state index is 11.2. The van der Waals surface area contributed by atoms with E-state index in [1.807, 2.05) is 12.2 Å². The van der Waals surface area contributed by atoms with E-state index in [2.05, 4.69) is 57.5 Å². The van der Waals surface area contributed by atoms with Crippen molar-refractivity contribution in [2.45, 2.75) is 51.0 Å². The van der Waals surface area contributed by atoms with Gasteiger partial charge in [0.05, 0.1) is 6.61 Å². The van der Waals surface area contributed by atoms with Crippen LogP contribution in [0.5, 0.6) is 0 Å². The molecule has 0 aliphatic carbocycles. The van der Waals surface area contributed by atoms with Crippen molar-refractivity contribution in [3.05, 3.63) is 24.3 Å². The molecule has 7 heteroatoms. The van der Waals surface area contributed by atoms with Crippen LogP contribution in [0.3, 0.4) is 0 Å². The van der Waals surface area contributed by atoms with E-state index in [9.17, 15) is 13.5 Å². The van der Waals surface area contributed by atoms with Crippen LogP contribution in [0.1, 0.15) is 44.9 Å². The molecule has 0 fully saturated rings. The van der Waals surface area contributed by atoms with Crippen molar-refractivity contribution in [1.29, 1.82) is 0 Å². The second-order valence-electron chi connectivity index (χ2n) is 5.45. The van der Waals surface area contributed by atoms with Gasteiger partial charge in [0.15, 0.2) is 0 Å². The maximum atomic E-state index is 11.2. The van der Waals surface area contributed by atoms with Crippen LogP contribution in [0, 0.1) is 59.7 Å².